The third kappa shape index (κ3) is 6.91. The highest BCUT2D eigenvalue weighted by Crippen LogP contribution is 2.21. The summed E-state index contributed by atoms with van der Waals surface area (Å²) in [7, 11) is 0. The SMILES string of the molecule is CCNC(=NCc1ccc(C(=O)NC(C)CC)cc1)NCC(C)(O)c1ccc(C)o1. The first-order valence-corrected chi connectivity index (χ1v) is 10.5. The van der Waals surface area contributed by atoms with Gasteiger partial charge in [0.15, 0.2) is 5.96 Å². The molecule has 1 heterocycles. The van der Waals surface area contributed by atoms with Crippen LogP contribution < -0.4 is 16.0 Å². The van der Waals surface area contributed by atoms with E-state index in [0.29, 0.717) is 30.4 Å². The van der Waals surface area contributed by atoms with Crippen LogP contribution in [0.4, 0.5) is 0 Å². The van der Waals surface area contributed by atoms with Gasteiger partial charge in [0.05, 0.1) is 13.1 Å². The number of carbonyl (C=O) groups is 1. The van der Waals surface area contributed by atoms with Gasteiger partial charge in [-0.15, -0.1) is 0 Å². The zero-order valence-electron chi connectivity index (χ0n) is 18.6. The number of aryl methyl sites for hydroxylation is 1. The number of aliphatic imine (C=N–C) groups is 1. The minimum atomic E-state index is -1.16. The van der Waals surface area contributed by atoms with Gasteiger partial charge in [-0.25, -0.2) is 4.99 Å². The molecule has 0 aliphatic carbocycles. The molecule has 164 valence electrons. The molecule has 2 aromatic rings. The van der Waals surface area contributed by atoms with Gasteiger partial charge in [0.25, 0.3) is 5.91 Å². The van der Waals surface area contributed by atoms with Crippen molar-refractivity contribution in [1.29, 1.82) is 0 Å². The number of amides is 1. The Morgan fingerprint density at radius 2 is 1.87 bits per heavy atom. The van der Waals surface area contributed by atoms with E-state index < -0.39 is 5.60 Å². The van der Waals surface area contributed by atoms with E-state index in [-0.39, 0.29) is 18.5 Å². The standard InChI is InChI=1S/C23H34N4O3/c1-6-16(3)27-21(28)19-11-9-18(10-12-19)14-25-22(24-7-2)26-15-23(5,29)20-13-8-17(4)30-20/h8-13,16,29H,6-7,14-15H2,1-5H3,(H,27,28)(H2,24,25,26). The summed E-state index contributed by atoms with van der Waals surface area (Å²) in [6, 6.07) is 11.2. The molecule has 7 heteroatoms. The molecule has 0 saturated heterocycles. The second kappa shape index (κ2) is 10.8. The van der Waals surface area contributed by atoms with Gasteiger partial charge < -0.3 is 25.5 Å². The van der Waals surface area contributed by atoms with Crippen molar-refractivity contribution in [2.75, 3.05) is 13.1 Å². The maximum absolute atomic E-state index is 12.2. The van der Waals surface area contributed by atoms with Crippen molar-refractivity contribution in [3.63, 3.8) is 0 Å². The minimum Gasteiger partial charge on any atom is -0.463 e. The molecule has 0 aliphatic rings. The first-order chi connectivity index (χ1) is 14.2. The van der Waals surface area contributed by atoms with Gasteiger partial charge in [-0.2, -0.15) is 0 Å². The van der Waals surface area contributed by atoms with Gasteiger partial charge in [0.2, 0.25) is 0 Å². The van der Waals surface area contributed by atoms with Crippen LogP contribution >= 0.6 is 0 Å². The van der Waals surface area contributed by atoms with Crippen molar-refractivity contribution >= 4 is 11.9 Å². The highest BCUT2D eigenvalue weighted by molar-refractivity contribution is 5.94. The first-order valence-electron chi connectivity index (χ1n) is 10.5. The lowest BCUT2D eigenvalue weighted by molar-refractivity contribution is 0.0378. The van der Waals surface area contributed by atoms with E-state index in [9.17, 15) is 9.90 Å². The molecule has 2 unspecified atom stereocenters. The Labute approximate surface area is 179 Å². The molecule has 0 bridgehead atoms. The van der Waals surface area contributed by atoms with E-state index in [1.165, 1.54) is 0 Å². The lowest BCUT2D eigenvalue weighted by Crippen LogP contribution is -2.44. The molecule has 0 saturated carbocycles. The molecule has 1 aromatic heterocycles. The molecule has 2 rings (SSSR count). The van der Waals surface area contributed by atoms with Crippen LogP contribution in [-0.4, -0.2) is 36.1 Å². The average Bonchev–Trinajstić information content (AvgIpc) is 3.17. The Morgan fingerprint density at radius 1 is 1.17 bits per heavy atom. The number of hydrogen-bond acceptors (Lipinski definition) is 4. The minimum absolute atomic E-state index is 0.0650. The lowest BCUT2D eigenvalue weighted by atomic mass is 10.0. The van der Waals surface area contributed by atoms with E-state index in [4.69, 9.17) is 4.42 Å². The van der Waals surface area contributed by atoms with E-state index in [1.54, 1.807) is 13.0 Å². The molecule has 0 fully saturated rings. The zero-order chi connectivity index (χ0) is 22.1. The van der Waals surface area contributed by atoms with E-state index in [2.05, 4.69) is 20.9 Å². The third-order valence-corrected chi connectivity index (χ3v) is 4.84. The number of rotatable bonds is 9. The Kier molecular flexibility index (Phi) is 8.47. The summed E-state index contributed by atoms with van der Waals surface area (Å²) >= 11 is 0. The van der Waals surface area contributed by atoms with Crippen molar-refractivity contribution in [1.82, 2.24) is 16.0 Å². The largest absolute Gasteiger partial charge is 0.463 e. The van der Waals surface area contributed by atoms with Gasteiger partial charge >= 0.3 is 0 Å². The number of furan rings is 1. The Morgan fingerprint density at radius 3 is 2.43 bits per heavy atom. The number of nitrogens with zero attached hydrogens (tertiary/aromatic N) is 1. The monoisotopic (exact) mass is 414 g/mol. The molecule has 2 atom stereocenters. The van der Waals surface area contributed by atoms with Crippen molar-refractivity contribution in [2.24, 2.45) is 4.99 Å². The molecule has 0 aliphatic heterocycles. The summed E-state index contributed by atoms with van der Waals surface area (Å²) in [6.45, 7) is 10.9. The van der Waals surface area contributed by atoms with Crippen LogP contribution in [0, 0.1) is 6.92 Å². The van der Waals surface area contributed by atoms with Crippen molar-refractivity contribution in [3.05, 3.63) is 59.0 Å². The summed E-state index contributed by atoms with van der Waals surface area (Å²) in [6.07, 6.45) is 0.894. The van der Waals surface area contributed by atoms with Crippen LogP contribution in [0.1, 0.15) is 61.6 Å². The van der Waals surface area contributed by atoms with Crippen LogP contribution in [-0.2, 0) is 12.1 Å². The summed E-state index contributed by atoms with van der Waals surface area (Å²) in [5.74, 6) is 1.80. The second-order valence-electron chi connectivity index (χ2n) is 7.71. The van der Waals surface area contributed by atoms with Crippen molar-refractivity contribution < 1.29 is 14.3 Å². The van der Waals surface area contributed by atoms with Crippen LogP contribution in [0.15, 0.2) is 45.8 Å². The van der Waals surface area contributed by atoms with E-state index in [1.807, 2.05) is 58.0 Å². The number of benzene rings is 1. The number of carbonyl (C=O) groups excluding carboxylic acids is 1. The summed E-state index contributed by atoms with van der Waals surface area (Å²) < 4.78 is 5.55. The Balaban J connectivity index is 1.97. The maximum Gasteiger partial charge on any atom is 0.251 e. The maximum atomic E-state index is 12.2. The number of hydrogen-bond donors (Lipinski definition) is 4. The normalized spacial score (nSPS) is 14.7. The highest BCUT2D eigenvalue weighted by Gasteiger charge is 2.27. The van der Waals surface area contributed by atoms with Crippen LogP contribution in [0.25, 0.3) is 0 Å². The van der Waals surface area contributed by atoms with Crippen LogP contribution in [0.2, 0.25) is 0 Å². The van der Waals surface area contributed by atoms with E-state index >= 15 is 0 Å². The third-order valence-electron chi connectivity index (χ3n) is 4.84. The summed E-state index contributed by atoms with van der Waals surface area (Å²) in [4.78, 5) is 16.8. The molecule has 4 N–H and O–H groups in total. The van der Waals surface area contributed by atoms with Crippen molar-refractivity contribution in [3.8, 4) is 0 Å². The summed E-state index contributed by atoms with van der Waals surface area (Å²) in [5, 5.41) is 20.0. The number of nitrogens with one attached hydrogen (secondary N) is 3. The van der Waals surface area contributed by atoms with Gasteiger partial charge in [-0.1, -0.05) is 19.1 Å². The highest BCUT2D eigenvalue weighted by atomic mass is 16.4. The Bertz CT molecular complexity index is 840. The van der Waals surface area contributed by atoms with Crippen molar-refractivity contribution in [2.45, 2.75) is 59.2 Å². The predicted octanol–water partition coefficient (Wildman–Crippen LogP) is 3.08. The fraction of sp³-hybridized carbons (Fsp3) is 0.478. The molecule has 1 amide bonds. The quantitative estimate of drug-likeness (QED) is 0.373. The van der Waals surface area contributed by atoms with E-state index in [0.717, 1.165) is 17.7 Å². The molecule has 30 heavy (non-hydrogen) atoms. The number of guanidine groups is 1. The lowest BCUT2D eigenvalue weighted by Gasteiger charge is -2.22. The van der Waals surface area contributed by atoms with Gasteiger partial charge in [0, 0.05) is 18.2 Å². The fourth-order valence-electron chi connectivity index (χ4n) is 2.75. The molecule has 7 nitrogen and oxygen atoms in total. The topological polar surface area (TPSA) is 98.9 Å². The van der Waals surface area contributed by atoms with Crippen LogP contribution in [0.3, 0.4) is 0 Å². The average molecular weight is 415 g/mol. The smallest absolute Gasteiger partial charge is 0.251 e. The zero-order valence-corrected chi connectivity index (χ0v) is 18.6. The molecule has 0 radical (unpaired) electrons. The molecule has 0 spiro atoms. The second-order valence-corrected chi connectivity index (χ2v) is 7.71. The van der Waals surface area contributed by atoms with Crippen LogP contribution in [0.5, 0.6) is 0 Å². The number of aliphatic hydroxyl groups is 1. The van der Waals surface area contributed by atoms with Gasteiger partial charge in [-0.3, -0.25) is 4.79 Å². The summed E-state index contributed by atoms with van der Waals surface area (Å²) in [5.41, 5.74) is 0.466. The predicted molar refractivity (Wildman–Crippen MR) is 119 cm³/mol. The first kappa shape index (κ1) is 23.5. The molecule has 1 aromatic carbocycles. The molecular weight excluding hydrogens is 380 g/mol. The fourth-order valence-corrected chi connectivity index (χ4v) is 2.75. The van der Waals surface area contributed by atoms with Gasteiger partial charge in [-0.05, 0) is 63.9 Å². The molecular formula is C23H34N4O3. The van der Waals surface area contributed by atoms with Gasteiger partial charge in [0.1, 0.15) is 17.1 Å². The Hall–Kier alpha value is -2.80.